The van der Waals surface area contributed by atoms with Crippen LogP contribution in [0, 0.1) is 11.6 Å². The summed E-state index contributed by atoms with van der Waals surface area (Å²) in [6, 6.07) is 8.43. The number of hydrogen-bond acceptors (Lipinski definition) is 5. The van der Waals surface area contributed by atoms with Crippen LogP contribution in [0.1, 0.15) is 37.0 Å². The van der Waals surface area contributed by atoms with E-state index in [1.165, 1.54) is 4.57 Å². The number of nitrogens with zero attached hydrogens (tertiary/aromatic N) is 2. The fourth-order valence-corrected chi connectivity index (χ4v) is 3.97. The summed E-state index contributed by atoms with van der Waals surface area (Å²) in [5.74, 6) is -2.28. The molecule has 0 aliphatic rings. The topological polar surface area (TPSA) is 69.9 Å². The van der Waals surface area contributed by atoms with Gasteiger partial charge in [0.05, 0.1) is 23.4 Å². The van der Waals surface area contributed by atoms with E-state index < -0.39 is 23.5 Å². The summed E-state index contributed by atoms with van der Waals surface area (Å²) in [5.41, 5.74) is 0.267. The molecule has 1 amide bonds. The molecular formula is C22H22F2N2O4S. The first kappa shape index (κ1) is 22.6. The number of hydrogen-bond donors (Lipinski definition) is 0. The molecule has 0 saturated heterocycles. The smallest absolute Gasteiger partial charge is 0.326 e. The van der Waals surface area contributed by atoms with Crippen LogP contribution in [-0.2, 0) is 16.1 Å². The van der Waals surface area contributed by atoms with Crippen LogP contribution in [0.3, 0.4) is 0 Å². The van der Waals surface area contributed by atoms with Gasteiger partial charge in [-0.1, -0.05) is 30.7 Å². The molecule has 3 aromatic rings. The summed E-state index contributed by atoms with van der Waals surface area (Å²) in [6.45, 7) is 4.02. The van der Waals surface area contributed by atoms with Gasteiger partial charge >= 0.3 is 5.97 Å². The van der Waals surface area contributed by atoms with Crippen molar-refractivity contribution in [3.05, 3.63) is 58.4 Å². The number of amides is 1. The lowest BCUT2D eigenvalue weighted by molar-refractivity contribution is -0.143. The van der Waals surface area contributed by atoms with Gasteiger partial charge in [-0.3, -0.25) is 9.59 Å². The molecule has 0 N–H and O–H groups in total. The molecule has 0 fully saturated rings. The van der Waals surface area contributed by atoms with E-state index in [0.717, 1.165) is 36.3 Å². The van der Waals surface area contributed by atoms with Gasteiger partial charge in [0.1, 0.15) is 18.1 Å². The van der Waals surface area contributed by atoms with Crippen molar-refractivity contribution in [2.75, 3.05) is 13.2 Å². The van der Waals surface area contributed by atoms with Crippen LogP contribution in [0.15, 0.2) is 41.4 Å². The van der Waals surface area contributed by atoms with E-state index in [9.17, 15) is 18.4 Å². The van der Waals surface area contributed by atoms with E-state index in [1.807, 2.05) is 6.92 Å². The number of halogens is 2. The molecule has 6 nitrogen and oxygen atoms in total. The predicted octanol–water partition coefficient (Wildman–Crippen LogP) is 4.46. The molecule has 0 atom stereocenters. The lowest BCUT2D eigenvalue weighted by Crippen LogP contribution is -2.23. The first-order chi connectivity index (χ1) is 14.9. The van der Waals surface area contributed by atoms with E-state index in [-0.39, 0.29) is 33.7 Å². The van der Waals surface area contributed by atoms with Gasteiger partial charge in [-0.2, -0.15) is 4.99 Å². The van der Waals surface area contributed by atoms with Crippen LogP contribution < -0.4 is 9.54 Å². The maximum atomic E-state index is 14.5. The van der Waals surface area contributed by atoms with Crippen LogP contribution in [0.25, 0.3) is 10.2 Å². The van der Waals surface area contributed by atoms with Gasteiger partial charge in [-0.05, 0) is 37.6 Å². The second-order valence-corrected chi connectivity index (χ2v) is 7.67. The lowest BCUT2D eigenvalue weighted by Gasteiger charge is -2.07. The molecule has 2 aromatic carbocycles. The van der Waals surface area contributed by atoms with Gasteiger partial charge in [0, 0.05) is 11.6 Å². The second kappa shape index (κ2) is 10.3. The summed E-state index contributed by atoms with van der Waals surface area (Å²) >= 11 is 0.913. The van der Waals surface area contributed by atoms with Crippen LogP contribution in [0.5, 0.6) is 5.75 Å². The van der Waals surface area contributed by atoms with Crippen molar-refractivity contribution < 1.29 is 27.8 Å². The zero-order valence-corrected chi connectivity index (χ0v) is 18.0. The van der Waals surface area contributed by atoms with Crippen LogP contribution in [0.2, 0.25) is 0 Å². The van der Waals surface area contributed by atoms with Gasteiger partial charge in [-0.15, -0.1) is 0 Å². The van der Waals surface area contributed by atoms with Crippen molar-refractivity contribution in [1.29, 1.82) is 0 Å². The predicted molar refractivity (Wildman–Crippen MR) is 113 cm³/mol. The fraction of sp³-hybridized carbons (Fsp3) is 0.318. The van der Waals surface area contributed by atoms with E-state index >= 15 is 0 Å². The molecule has 0 bridgehead atoms. The molecule has 0 saturated carbocycles. The van der Waals surface area contributed by atoms with Gasteiger partial charge < -0.3 is 14.0 Å². The maximum absolute atomic E-state index is 14.5. The Hall–Kier alpha value is -3.07. The zero-order chi connectivity index (χ0) is 22.4. The Morgan fingerprint density at radius 1 is 1.16 bits per heavy atom. The summed E-state index contributed by atoms with van der Waals surface area (Å²) < 4.78 is 40.2. The molecule has 0 spiro atoms. The quantitative estimate of drug-likeness (QED) is 0.377. The maximum Gasteiger partial charge on any atom is 0.326 e. The Morgan fingerprint density at radius 3 is 2.71 bits per heavy atom. The molecule has 0 aliphatic carbocycles. The average Bonchev–Trinajstić information content (AvgIpc) is 3.05. The largest absolute Gasteiger partial charge is 0.494 e. The number of esters is 1. The number of rotatable bonds is 8. The molecular weight excluding hydrogens is 426 g/mol. The Bertz CT molecular complexity index is 1170. The molecule has 164 valence electrons. The standard InChI is InChI=1S/C22H22F2N2O4S/c1-3-5-9-30-16-8-6-7-14(10-16)21(28)25-22-26(13-19(27)29-4-2)20-17(24)11-15(23)12-18(20)31-22/h6-8,10-12H,3-5,9,13H2,1-2H3. The van der Waals surface area contributed by atoms with Gasteiger partial charge in [0.2, 0.25) is 0 Å². The third-order valence-electron chi connectivity index (χ3n) is 4.33. The van der Waals surface area contributed by atoms with Crippen LogP contribution in [-0.4, -0.2) is 29.7 Å². The summed E-state index contributed by atoms with van der Waals surface area (Å²) in [6.07, 6.45) is 1.87. The van der Waals surface area contributed by atoms with Crippen molar-refractivity contribution in [3.63, 3.8) is 0 Å². The third-order valence-corrected chi connectivity index (χ3v) is 5.36. The Kier molecular flexibility index (Phi) is 7.51. The Labute approximate surface area is 181 Å². The number of fused-ring (bicyclic) bond motifs is 1. The molecule has 3 rings (SSSR count). The molecule has 1 heterocycles. The number of aromatic nitrogens is 1. The number of unbranched alkanes of at least 4 members (excludes halogenated alkanes) is 1. The highest BCUT2D eigenvalue weighted by Crippen LogP contribution is 2.23. The number of ether oxygens (including phenoxy) is 2. The Morgan fingerprint density at radius 2 is 1.97 bits per heavy atom. The number of benzene rings is 2. The summed E-state index contributed by atoms with van der Waals surface area (Å²) in [4.78, 5) is 29.0. The molecule has 0 unspecified atom stereocenters. The van der Waals surface area contributed by atoms with E-state index in [4.69, 9.17) is 9.47 Å². The number of carbonyl (C=O) groups excluding carboxylic acids is 2. The molecule has 1 aromatic heterocycles. The number of carbonyl (C=O) groups is 2. The highest BCUT2D eigenvalue weighted by atomic mass is 32.1. The monoisotopic (exact) mass is 448 g/mol. The minimum absolute atomic E-state index is 0.0114. The van der Waals surface area contributed by atoms with Crippen molar-refractivity contribution in [2.24, 2.45) is 4.99 Å². The molecule has 31 heavy (non-hydrogen) atoms. The minimum Gasteiger partial charge on any atom is -0.494 e. The van der Waals surface area contributed by atoms with Crippen LogP contribution >= 0.6 is 11.3 Å². The summed E-state index contributed by atoms with van der Waals surface area (Å²) in [7, 11) is 0. The van der Waals surface area contributed by atoms with Crippen molar-refractivity contribution in [2.45, 2.75) is 33.2 Å². The minimum atomic E-state index is -0.851. The number of thiazole rings is 1. The van der Waals surface area contributed by atoms with Gasteiger partial charge in [-0.25, -0.2) is 8.78 Å². The lowest BCUT2D eigenvalue weighted by atomic mass is 10.2. The molecule has 9 heteroatoms. The fourth-order valence-electron chi connectivity index (χ4n) is 2.90. The van der Waals surface area contributed by atoms with Crippen LogP contribution in [0.4, 0.5) is 8.78 Å². The highest BCUT2D eigenvalue weighted by Gasteiger charge is 2.17. The van der Waals surface area contributed by atoms with Gasteiger partial charge in [0.15, 0.2) is 10.6 Å². The van der Waals surface area contributed by atoms with Gasteiger partial charge in [0.25, 0.3) is 5.91 Å². The van der Waals surface area contributed by atoms with Crippen molar-refractivity contribution >= 4 is 33.4 Å². The molecule has 0 aliphatic heterocycles. The second-order valence-electron chi connectivity index (χ2n) is 6.66. The summed E-state index contributed by atoms with van der Waals surface area (Å²) in [5, 5.41) is 0. The first-order valence-electron chi connectivity index (χ1n) is 9.88. The van der Waals surface area contributed by atoms with Crippen molar-refractivity contribution in [3.8, 4) is 5.75 Å². The SMILES string of the molecule is CCCCOc1cccc(C(=O)N=c2sc3cc(F)cc(F)c3n2CC(=O)OCC)c1. The average molecular weight is 448 g/mol. The first-order valence-corrected chi connectivity index (χ1v) is 10.7. The molecule has 0 radical (unpaired) electrons. The highest BCUT2D eigenvalue weighted by molar-refractivity contribution is 7.16. The normalized spacial score (nSPS) is 11.7. The van der Waals surface area contributed by atoms with E-state index in [1.54, 1.807) is 31.2 Å². The van der Waals surface area contributed by atoms with E-state index in [0.29, 0.717) is 12.4 Å². The van der Waals surface area contributed by atoms with Crippen molar-refractivity contribution in [1.82, 2.24) is 4.57 Å². The Balaban J connectivity index is 2.02. The zero-order valence-electron chi connectivity index (χ0n) is 17.2. The van der Waals surface area contributed by atoms with E-state index in [2.05, 4.69) is 4.99 Å². The third kappa shape index (κ3) is 5.55.